The van der Waals surface area contributed by atoms with E-state index in [4.69, 9.17) is 10.5 Å². The maximum Gasteiger partial charge on any atom is 0.272 e. The lowest BCUT2D eigenvalue weighted by Gasteiger charge is -2.33. The standard InChI is InChI=1S/C15H21N3O4.ClH/c1-10-3-4-12(9-13(10)18(20)21)11(2)17-14(19)15(16)5-7-22-8-6-15;/h3-4,9,11H,5-8,16H2,1-2H3,(H,17,19);1H. The molecule has 1 heterocycles. The first-order valence-electron chi connectivity index (χ1n) is 7.26. The Morgan fingerprint density at radius 2 is 2.04 bits per heavy atom. The van der Waals surface area contributed by atoms with Crippen LogP contribution in [-0.2, 0) is 9.53 Å². The number of nitrogens with zero attached hydrogens (tertiary/aromatic N) is 1. The second-order valence-corrected chi connectivity index (χ2v) is 5.77. The van der Waals surface area contributed by atoms with Crippen molar-refractivity contribution >= 4 is 24.0 Å². The number of hydrogen-bond donors (Lipinski definition) is 2. The molecule has 1 amide bonds. The van der Waals surface area contributed by atoms with Gasteiger partial charge < -0.3 is 15.8 Å². The molecule has 0 saturated carbocycles. The number of amides is 1. The van der Waals surface area contributed by atoms with Crippen LogP contribution in [0.5, 0.6) is 0 Å². The van der Waals surface area contributed by atoms with Crippen LogP contribution in [0.15, 0.2) is 18.2 Å². The fraction of sp³-hybridized carbons (Fsp3) is 0.533. The van der Waals surface area contributed by atoms with Crippen LogP contribution < -0.4 is 11.1 Å². The van der Waals surface area contributed by atoms with Crippen LogP contribution in [-0.4, -0.2) is 29.6 Å². The Hall–Kier alpha value is -1.70. The maximum atomic E-state index is 12.4. The van der Waals surface area contributed by atoms with Gasteiger partial charge in [-0.15, -0.1) is 12.4 Å². The van der Waals surface area contributed by atoms with Crippen LogP contribution in [0, 0.1) is 17.0 Å². The van der Waals surface area contributed by atoms with E-state index in [2.05, 4.69) is 5.32 Å². The second kappa shape index (κ2) is 7.72. The van der Waals surface area contributed by atoms with E-state index < -0.39 is 10.5 Å². The molecule has 0 aliphatic carbocycles. The molecule has 1 unspecified atom stereocenters. The van der Waals surface area contributed by atoms with Crippen molar-refractivity contribution in [1.29, 1.82) is 0 Å². The summed E-state index contributed by atoms with van der Waals surface area (Å²) in [6.07, 6.45) is 0.944. The van der Waals surface area contributed by atoms with E-state index in [9.17, 15) is 14.9 Å². The van der Waals surface area contributed by atoms with Crippen LogP contribution in [0.3, 0.4) is 0 Å². The molecule has 0 spiro atoms. The van der Waals surface area contributed by atoms with Crippen molar-refractivity contribution in [3.63, 3.8) is 0 Å². The lowest BCUT2D eigenvalue weighted by Crippen LogP contribution is -2.57. The van der Waals surface area contributed by atoms with E-state index >= 15 is 0 Å². The molecular formula is C15H22ClN3O4. The molecule has 1 aromatic carbocycles. The number of carbonyl (C=O) groups excluding carboxylic acids is 1. The smallest absolute Gasteiger partial charge is 0.272 e. The van der Waals surface area contributed by atoms with Crippen molar-refractivity contribution in [3.05, 3.63) is 39.4 Å². The fourth-order valence-corrected chi connectivity index (χ4v) is 2.48. The zero-order chi connectivity index (χ0) is 16.3. The number of aryl methyl sites for hydroxylation is 1. The highest BCUT2D eigenvalue weighted by Crippen LogP contribution is 2.24. The molecule has 0 radical (unpaired) electrons. The Morgan fingerprint density at radius 3 is 2.61 bits per heavy atom. The summed E-state index contributed by atoms with van der Waals surface area (Å²) in [4.78, 5) is 22.9. The first-order chi connectivity index (χ1) is 10.3. The highest BCUT2D eigenvalue weighted by Gasteiger charge is 2.36. The Bertz CT molecular complexity index is 588. The predicted molar refractivity (Wildman–Crippen MR) is 88.6 cm³/mol. The van der Waals surface area contributed by atoms with Gasteiger partial charge in [-0.2, -0.15) is 0 Å². The van der Waals surface area contributed by atoms with Gasteiger partial charge in [0, 0.05) is 24.8 Å². The molecule has 1 aromatic rings. The minimum absolute atomic E-state index is 0. The van der Waals surface area contributed by atoms with Gasteiger partial charge in [-0.3, -0.25) is 14.9 Å². The van der Waals surface area contributed by atoms with Crippen LogP contribution >= 0.6 is 12.4 Å². The molecule has 7 nitrogen and oxygen atoms in total. The van der Waals surface area contributed by atoms with Gasteiger partial charge in [0.1, 0.15) is 0 Å². The van der Waals surface area contributed by atoms with Crippen molar-refractivity contribution in [3.8, 4) is 0 Å². The highest BCUT2D eigenvalue weighted by atomic mass is 35.5. The summed E-state index contributed by atoms with van der Waals surface area (Å²) in [6.45, 7) is 4.40. The van der Waals surface area contributed by atoms with Gasteiger partial charge in [0.15, 0.2) is 0 Å². The third-order valence-electron chi connectivity index (χ3n) is 4.11. The number of nitrogens with two attached hydrogens (primary N) is 1. The van der Waals surface area contributed by atoms with Crippen LogP contribution in [0.4, 0.5) is 5.69 Å². The highest BCUT2D eigenvalue weighted by molar-refractivity contribution is 5.86. The molecular weight excluding hydrogens is 322 g/mol. The molecule has 128 valence electrons. The minimum atomic E-state index is -0.927. The first-order valence-corrected chi connectivity index (χ1v) is 7.26. The molecule has 1 aliphatic rings. The van der Waals surface area contributed by atoms with Crippen molar-refractivity contribution in [2.24, 2.45) is 5.73 Å². The number of nitrogens with one attached hydrogen (secondary N) is 1. The number of carbonyl (C=O) groups is 1. The molecule has 1 atom stereocenters. The summed E-state index contributed by atoms with van der Waals surface area (Å²) in [6, 6.07) is 4.60. The minimum Gasteiger partial charge on any atom is -0.381 e. The first kappa shape index (κ1) is 19.3. The Kier molecular flexibility index (Phi) is 6.49. The lowest BCUT2D eigenvalue weighted by molar-refractivity contribution is -0.385. The van der Waals surface area contributed by atoms with Crippen molar-refractivity contribution < 1.29 is 14.5 Å². The molecule has 23 heavy (non-hydrogen) atoms. The average Bonchev–Trinajstić information content (AvgIpc) is 2.48. The number of halogens is 1. The average molecular weight is 344 g/mol. The molecule has 0 aromatic heterocycles. The van der Waals surface area contributed by atoms with Gasteiger partial charge in [0.2, 0.25) is 5.91 Å². The fourth-order valence-electron chi connectivity index (χ4n) is 2.48. The molecule has 1 aliphatic heterocycles. The lowest BCUT2D eigenvalue weighted by atomic mass is 9.90. The summed E-state index contributed by atoms with van der Waals surface area (Å²) in [5.74, 6) is -0.244. The van der Waals surface area contributed by atoms with Gasteiger partial charge in [0.05, 0.1) is 16.5 Å². The molecule has 8 heteroatoms. The van der Waals surface area contributed by atoms with Crippen LogP contribution in [0.2, 0.25) is 0 Å². The van der Waals surface area contributed by atoms with E-state index in [1.807, 2.05) is 0 Å². The van der Waals surface area contributed by atoms with Gasteiger partial charge in [-0.05, 0) is 32.3 Å². The Labute approximate surface area is 141 Å². The van der Waals surface area contributed by atoms with Gasteiger partial charge >= 0.3 is 0 Å². The predicted octanol–water partition coefficient (Wildman–Crippen LogP) is 2.01. The summed E-state index contributed by atoms with van der Waals surface area (Å²) in [5.41, 5.74) is 6.52. The number of benzene rings is 1. The zero-order valence-electron chi connectivity index (χ0n) is 13.2. The van der Waals surface area contributed by atoms with Gasteiger partial charge in [-0.1, -0.05) is 12.1 Å². The Balaban J connectivity index is 0.00000264. The molecule has 3 N–H and O–H groups in total. The van der Waals surface area contributed by atoms with Gasteiger partial charge in [-0.25, -0.2) is 0 Å². The largest absolute Gasteiger partial charge is 0.381 e. The quantitative estimate of drug-likeness (QED) is 0.642. The monoisotopic (exact) mass is 343 g/mol. The number of ether oxygens (including phenoxy) is 1. The molecule has 2 rings (SSSR count). The molecule has 0 bridgehead atoms. The third kappa shape index (κ3) is 4.40. The Morgan fingerprint density at radius 1 is 1.43 bits per heavy atom. The zero-order valence-corrected chi connectivity index (χ0v) is 14.0. The summed E-state index contributed by atoms with van der Waals surface area (Å²) in [7, 11) is 0. The summed E-state index contributed by atoms with van der Waals surface area (Å²) in [5, 5.41) is 13.9. The van der Waals surface area contributed by atoms with Crippen molar-refractivity contribution in [1.82, 2.24) is 5.32 Å². The topological polar surface area (TPSA) is 107 Å². The van der Waals surface area contributed by atoms with E-state index in [1.54, 1.807) is 26.0 Å². The van der Waals surface area contributed by atoms with Crippen LogP contribution in [0.1, 0.15) is 36.9 Å². The van der Waals surface area contributed by atoms with E-state index in [1.165, 1.54) is 6.07 Å². The van der Waals surface area contributed by atoms with Crippen LogP contribution in [0.25, 0.3) is 0 Å². The molecule has 1 saturated heterocycles. The van der Waals surface area contributed by atoms with E-state index in [-0.39, 0.29) is 30.0 Å². The van der Waals surface area contributed by atoms with E-state index in [0.29, 0.717) is 37.2 Å². The number of rotatable bonds is 4. The number of hydrogen-bond acceptors (Lipinski definition) is 5. The summed E-state index contributed by atoms with van der Waals surface area (Å²) >= 11 is 0. The maximum absolute atomic E-state index is 12.4. The van der Waals surface area contributed by atoms with Gasteiger partial charge in [0.25, 0.3) is 5.69 Å². The number of nitro groups is 1. The van der Waals surface area contributed by atoms with Crippen molar-refractivity contribution in [2.75, 3.05) is 13.2 Å². The molecule has 1 fully saturated rings. The SMILES string of the molecule is Cc1ccc(C(C)NC(=O)C2(N)CCOCC2)cc1[N+](=O)[O-].Cl. The normalized spacial score (nSPS) is 17.7. The summed E-state index contributed by atoms with van der Waals surface area (Å²) < 4.78 is 5.22. The van der Waals surface area contributed by atoms with Crippen molar-refractivity contribution in [2.45, 2.75) is 38.3 Å². The number of nitro benzene ring substituents is 1. The van der Waals surface area contributed by atoms with E-state index in [0.717, 1.165) is 0 Å². The second-order valence-electron chi connectivity index (χ2n) is 5.77. The third-order valence-corrected chi connectivity index (χ3v) is 4.11.